The Morgan fingerprint density at radius 2 is 1.39 bits per heavy atom. The summed E-state index contributed by atoms with van der Waals surface area (Å²) in [6.07, 6.45) is -0.697. The Hall–Kier alpha value is -5.22. The number of rotatable bonds is 19. The molecule has 0 heterocycles. The number of aromatic hydroxyl groups is 1. The maximum absolute atomic E-state index is 13.8. The zero-order valence-electron chi connectivity index (χ0n) is 27.8. The number of nitrogens with one attached hydrogen (secondary N) is 4. The summed E-state index contributed by atoms with van der Waals surface area (Å²) in [7, 11) is 0. The molecule has 0 aliphatic rings. The highest BCUT2D eigenvalue weighted by atomic mass is 16.4. The van der Waals surface area contributed by atoms with Crippen LogP contribution in [0.5, 0.6) is 5.75 Å². The fourth-order valence-electron chi connectivity index (χ4n) is 4.80. The van der Waals surface area contributed by atoms with Crippen LogP contribution in [-0.4, -0.2) is 87.7 Å². The molecule has 0 unspecified atom stereocenters. The van der Waals surface area contributed by atoms with Gasteiger partial charge < -0.3 is 53.8 Å². The highest BCUT2D eigenvalue weighted by molar-refractivity contribution is 5.96. The van der Waals surface area contributed by atoms with Crippen molar-refractivity contribution >= 4 is 35.6 Å². The van der Waals surface area contributed by atoms with Gasteiger partial charge in [-0.05, 0) is 55.4 Å². The number of guanidine groups is 1. The number of aliphatic hydroxyl groups is 1. The van der Waals surface area contributed by atoms with E-state index in [0.29, 0.717) is 17.5 Å². The van der Waals surface area contributed by atoms with E-state index in [1.165, 1.54) is 19.1 Å². The van der Waals surface area contributed by atoms with Crippen molar-refractivity contribution in [1.29, 1.82) is 0 Å². The van der Waals surface area contributed by atoms with E-state index in [4.69, 9.17) is 17.2 Å². The van der Waals surface area contributed by atoms with Gasteiger partial charge in [0.05, 0.1) is 12.1 Å². The molecule has 13 N–H and O–H groups in total. The topological polar surface area (TPSA) is 285 Å². The van der Waals surface area contributed by atoms with Crippen molar-refractivity contribution in [2.75, 3.05) is 6.54 Å². The van der Waals surface area contributed by atoms with E-state index >= 15 is 0 Å². The second-order valence-corrected chi connectivity index (χ2v) is 12.1. The van der Waals surface area contributed by atoms with Crippen molar-refractivity contribution in [2.45, 2.75) is 82.8 Å². The fraction of sp³-hybridized carbons (Fsp3) is 0.455. The van der Waals surface area contributed by atoms with E-state index in [0.717, 1.165) is 0 Å². The van der Waals surface area contributed by atoms with Gasteiger partial charge in [0.15, 0.2) is 12.0 Å². The predicted octanol–water partition coefficient (Wildman–Crippen LogP) is -0.861. The minimum atomic E-state index is -1.65. The number of nitrogens with two attached hydrogens (primary N) is 3. The first kappa shape index (κ1) is 40.0. The molecule has 2 aromatic carbocycles. The summed E-state index contributed by atoms with van der Waals surface area (Å²) in [5, 5.41) is 39.3. The van der Waals surface area contributed by atoms with Crippen LogP contribution in [0.15, 0.2) is 59.6 Å². The van der Waals surface area contributed by atoms with Gasteiger partial charge in [0.1, 0.15) is 23.9 Å². The Labute approximate surface area is 284 Å². The molecule has 16 nitrogen and oxygen atoms in total. The van der Waals surface area contributed by atoms with Crippen LogP contribution in [0.25, 0.3) is 0 Å². The Morgan fingerprint density at radius 3 is 1.94 bits per heavy atom. The molecule has 0 fully saturated rings. The summed E-state index contributed by atoms with van der Waals surface area (Å²) < 4.78 is 0. The molecule has 2 rings (SSSR count). The second-order valence-electron chi connectivity index (χ2n) is 12.1. The van der Waals surface area contributed by atoms with E-state index in [9.17, 15) is 39.3 Å². The van der Waals surface area contributed by atoms with Crippen molar-refractivity contribution in [1.82, 2.24) is 21.3 Å². The third-order valence-electron chi connectivity index (χ3n) is 7.38. The third-order valence-corrected chi connectivity index (χ3v) is 7.38. The standard InChI is InChI=1S/C33H48N8O8/c1-18(2)16-24(30(46)41-27(21-8-5-4-6-9-21)31(47)40-26(19(3)42)32(48)49)39-29(45)25(17-20-11-13-22(43)14-12-20)38-28(44)23(34)10-7-15-37-33(35)36/h4-6,8-9,11-14,18-19,23-27,42-43H,7,10,15-17,34H2,1-3H3,(H,38,44)(H,39,45)(H,40,47)(H,41,46)(H,48,49)(H4,35,36,37)/t19-,23+,24+,25+,26+,27-/m1/s1. The Balaban J connectivity index is 2.33. The third kappa shape index (κ3) is 13.8. The van der Waals surface area contributed by atoms with Crippen LogP contribution < -0.4 is 38.5 Å². The van der Waals surface area contributed by atoms with Crippen molar-refractivity contribution in [3.8, 4) is 5.75 Å². The number of amides is 4. The Morgan fingerprint density at radius 1 is 0.796 bits per heavy atom. The smallest absolute Gasteiger partial charge is 0.328 e. The lowest BCUT2D eigenvalue weighted by Crippen LogP contribution is -2.58. The SMILES string of the molecule is CC(C)C[C@H](NC(=O)[C@H](Cc1ccc(O)cc1)NC(=O)[C@@H](N)CCCN=C(N)N)C(=O)N[C@@H](C(=O)N[C@H](C(=O)O)[C@@H](C)O)c1ccccc1. The molecule has 0 radical (unpaired) electrons. The summed E-state index contributed by atoms with van der Waals surface area (Å²) >= 11 is 0. The van der Waals surface area contributed by atoms with Gasteiger partial charge in [0.25, 0.3) is 0 Å². The van der Waals surface area contributed by atoms with Crippen LogP contribution >= 0.6 is 0 Å². The van der Waals surface area contributed by atoms with Crippen molar-refractivity contribution in [3.63, 3.8) is 0 Å². The number of aliphatic imine (C=N–C) groups is 1. The molecule has 0 aliphatic carbocycles. The quantitative estimate of drug-likeness (QED) is 0.0493. The molecule has 0 saturated heterocycles. The van der Waals surface area contributed by atoms with E-state index in [1.807, 2.05) is 13.8 Å². The molecule has 0 aliphatic heterocycles. The lowest BCUT2D eigenvalue weighted by atomic mass is 9.99. The number of carboxylic acids is 1. The first-order valence-corrected chi connectivity index (χ1v) is 15.8. The van der Waals surface area contributed by atoms with Crippen LogP contribution in [0.2, 0.25) is 0 Å². The first-order valence-electron chi connectivity index (χ1n) is 15.8. The summed E-state index contributed by atoms with van der Waals surface area (Å²) in [4.78, 5) is 69.4. The van der Waals surface area contributed by atoms with Gasteiger partial charge in [-0.15, -0.1) is 0 Å². The number of aliphatic carboxylic acids is 1. The van der Waals surface area contributed by atoms with Crippen LogP contribution in [0.4, 0.5) is 0 Å². The number of phenolic OH excluding ortho intramolecular Hbond substituents is 1. The van der Waals surface area contributed by atoms with E-state index in [-0.39, 0.29) is 43.4 Å². The maximum atomic E-state index is 13.8. The van der Waals surface area contributed by atoms with Crippen LogP contribution in [0.3, 0.4) is 0 Å². The van der Waals surface area contributed by atoms with Crippen LogP contribution in [0.1, 0.15) is 57.2 Å². The molecular formula is C33H48N8O8. The largest absolute Gasteiger partial charge is 0.508 e. The number of hydrogen-bond acceptors (Lipinski definition) is 9. The molecule has 49 heavy (non-hydrogen) atoms. The molecule has 0 spiro atoms. The zero-order valence-corrected chi connectivity index (χ0v) is 27.8. The molecular weight excluding hydrogens is 636 g/mol. The number of nitrogens with zero attached hydrogens (tertiary/aromatic N) is 1. The number of phenols is 1. The minimum Gasteiger partial charge on any atom is -0.508 e. The highest BCUT2D eigenvalue weighted by Gasteiger charge is 2.34. The molecule has 6 atom stereocenters. The number of hydrogen-bond donors (Lipinski definition) is 10. The molecule has 4 amide bonds. The lowest BCUT2D eigenvalue weighted by Gasteiger charge is -2.27. The number of carbonyl (C=O) groups is 5. The minimum absolute atomic E-state index is 0.00498. The zero-order chi connectivity index (χ0) is 36.7. The molecule has 268 valence electrons. The predicted molar refractivity (Wildman–Crippen MR) is 182 cm³/mol. The Kier molecular flexibility index (Phi) is 16.0. The van der Waals surface area contributed by atoms with Crippen molar-refractivity contribution in [3.05, 3.63) is 65.7 Å². The Bertz CT molecular complexity index is 1430. The monoisotopic (exact) mass is 684 g/mol. The normalized spacial score (nSPS) is 14.7. The molecule has 0 aromatic heterocycles. The molecule has 2 aromatic rings. The van der Waals surface area contributed by atoms with Gasteiger partial charge in [0.2, 0.25) is 23.6 Å². The van der Waals surface area contributed by atoms with Gasteiger partial charge in [-0.2, -0.15) is 0 Å². The molecule has 0 saturated carbocycles. The van der Waals surface area contributed by atoms with Gasteiger partial charge in [-0.3, -0.25) is 24.2 Å². The van der Waals surface area contributed by atoms with Gasteiger partial charge in [-0.25, -0.2) is 4.79 Å². The van der Waals surface area contributed by atoms with Gasteiger partial charge >= 0.3 is 5.97 Å². The van der Waals surface area contributed by atoms with E-state index < -0.39 is 65.9 Å². The number of aliphatic hydroxyl groups excluding tert-OH is 1. The number of carboxylic acid groups (broad SMARTS) is 1. The van der Waals surface area contributed by atoms with E-state index in [1.54, 1.807) is 42.5 Å². The number of carbonyl (C=O) groups excluding carboxylic acids is 4. The molecule has 0 bridgehead atoms. The fourth-order valence-corrected chi connectivity index (χ4v) is 4.80. The maximum Gasteiger partial charge on any atom is 0.328 e. The van der Waals surface area contributed by atoms with Crippen molar-refractivity contribution < 1.29 is 39.3 Å². The summed E-state index contributed by atoms with van der Waals surface area (Å²) in [6.45, 7) is 5.11. The average molecular weight is 685 g/mol. The highest BCUT2D eigenvalue weighted by Crippen LogP contribution is 2.16. The van der Waals surface area contributed by atoms with E-state index in [2.05, 4.69) is 26.3 Å². The van der Waals surface area contributed by atoms with Crippen LogP contribution in [-0.2, 0) is 30.4 Å². The number of benzene rings is 2. The summed E-state index contributed by atoms with van der Waals surface area (Å²) in [5.74, 6) is -4.66. The van der Waals surface area contributed by atoms with Gasteiger partial charge in [-0.1, -0.05) is 56.3 Å². The van der Waals surface area contributed by atoms with Gasteiger partial charge in [0, 0.05) is 13.0 Å². The van der Waals surface area contributed by atoms with Crippen LogP contribution in [0, 0.1) is 5.92 Å². The van der Waals surface area contributed by atoms with Crippen molar-refractivity contribution in [2.24, 2.45) is 28.1 Å². The second kappa shape index (κ2) is 19.6. The molecule has 16 heteroatoms. The lowest BCUT2D eigenvalue weighted by molar-refractivity contribution is -0.145. The summed E-state index contributed by atoms with van der Waals surface area (Å²) in [5.41, 5.74) is 17.7. The average Bonchev–Trinajstić information content (AvgIpc) is 3.04. The first-order chi connectivity index (χ1) is 23.1. The summed E-state index contributed by atoms with van der Waals surface area (Å²) in [6, 6.07) is 7.66.